The van der Waals surface area contributed by atoms with Gasteiger partial charge in [0.1, 0.15) is 0 Å². The highest BCUT2D eigenvalue weighted by atomic mass is 16.7. The number of nitro groups is 1. The second-order valence-corrected chi connectivity index (χ2v) is 5.66. The van der Waals surface area contributed by atoms with Crippen LogP contribution >= 0.6 is 0 Å². The van der Waals surface area contributed by atoms with Crippen LogP contribution in [0.4, 0.5) is 11.4 Å². The molecule has 1 saturated heterocycles. The van der Waals surface area contributed by atoms with Gasteiger partial charge in [-0.3, -0.25) is 10.1 Å². The minimum atomic E-state index is -0.690. The van der Waals surface area contributed by atoms with Crippen LogP contribution in [-0.2, 0) is 9.31 Å². The summed E-state index contributed by atoms with van der Waals surface area (Å²) in [6.45, 7) is 7.67. The quantitative estimate of drug-likeness (QED) is 0.378. The molecule has 1 aromatic carbocycles. The largest absolute Gasteiger partial charge is 0.497 e. The molecule has 7 heteroatoms. The van der Waals surface area contributed by atoms with Gasteiger partial charge in [0, 0.05) is 23.3 Å². The van der Waals surface area contributed by atoms with Crippen molar-refractivity contribution in [3.8, 4) is 0 Å². The van der Waals surface area contributed by atoms with Gasteiger partial charge in [-0.25, -0.2) is 0 Å². The van der Waals surface area contributed by atoms with Crippen molar-refractivity contribution in [2.24, 2.45) is 0 Å². The number of nitro benzene ring substituents is 1. The Kier molecular flexibility index (Phi) is 3.06. The summed E-state index contributed by atoms with van der Waals surface area (Å²) in [6.07, 6.45) is 0. The Bertz CT molecular complexity index is 514. The van der Waals surface area contributed by atoms with Crippen LogP contribution in [0.1, 0.15) is 27.7 Å². The number of nitrogens with zero attached hydrogens (tertiary/aromatic N) is 1. The minimum absolute atomic E-state index is 0.0288. The van der Waals surface area contributed by atoms with Crippen LogP contribution < -0.4 is 11.2 Å². The summed E-state index contributed by atoms with van der Waals surface area (Å²) in [7, 11) is -0.690. The predicted molar refractivity (Wildman–Crippen MR) is 73.2 cm³/mol. The van der Waals surface area contributed by atoms with Gasteiger partial charge >= 0.3 is 7.12 Å². The Morgan fingerprint density at radius 1 is 1.21 bits per heavy atom. The molecule has 0 saturated carbocycles. The first-order valence-electron chi connectivity index (χ1n) is 6.03. The van der Waals surface area contributed by atoms with Crippen molar-refractivity contribution in [2.45, 2.75) is 38.9 Å². The van der Waals surface area contributed by atoms with E-state index in [4.69, 9.17) is 15.0 Å². The second-order valence-electron chi connectivity index (χ2n) is 5.66. The Morgan fingerprint density at radius 3 is 2.21 bits per heavy atom. The van der Waals surface area contributed by atoms with E-state index in [1.807, 2.05) is 27.7 Å². The molecule has 0 amide bonds. The first kappa shape index (κ1) is 13.8. The SMILES string of the molecule is CC1(C)OB(c2cc([N+](=O)[O-])ccc2N)OC1(C)C. The number of hydrogen-bond acceptors (Lipinski definition) is 5. The molecular weight excluding hydrogens is 247 g/mol. The van der Waals surface area contributed by atoms with E-state index >= 15 is 0 Å². The lowest BCUT2D eigenvalue weighted by Crippen LogP contribution is -2.41. The average Bonchev–Trinajstić information content (AvgIpc) is 2.48. The molecule has 0 bridgehead atoms. The van der Waals surface area contributed by atoms with Crippen LogP contribution in [0.5, 0.6) is 0 Å². The van der Waals surface area contributed by atoms with Crippen LogP contribution in [0.2, 0.25) is 0 Å². The average molecular weight is 264 g/mol. The molecule has 0 unspecified atom stereocenters. The van der Waals surface area contributed by atoms with Crippen LogP contribution in [0.3, 0.4) is 0 Å². The zero-order valence-corrected chi connectivity index (χ0v) is 11.5. The zero-order valence-electron chi connectivity index (χ0n) is 11.5. The highest BCUT2D eigenvalue weighted by Gasteiger charge is 2.52. The number of non-ortho nitro benzene ring substituents is 1. The van der Waals surface area contributed by atoms with Gasteiger partial charge in [-0.2, -0.15) is 0 Å². The van der Waals surface area contributed by atoms with Gasteiger partial charge in [-0.05, 0) is 33.8 Å². The zero-order chi connectivity index (χ0) is 14.4. The molecule has 102 valence electrons. The van der Waals surface area contributed by atoms with Gasteiger partial charge in [-0.1, -0.05) is 0 Å². The Labute approximate surface area is 112 Å². The van der Waals surface area contributed by atoms with Crippen LogP contribution in [-0.4, -0.2) is 23.2 Å². The van der Waals surface area contributed by atoms with E-state index in [9.17, 15) is 10.1 Å². The number of nitrogens with two attached hydrogens (primary N) is 1. The molecule has 1 heterocycles. The van der Waals surface area contributed by atoms with Crippen molar-refractivity contribution in [1.82, 2.24) is 0 Å². The third-order valence-electron chi connectivity index (χ3n) is 3.79. The molecule has 1 aliphatic heterocycles. The molecule has 19 heavy (non-hydrogen) atoms. The van der Waals surface area contributed by atoms with E-state index in [1.54, 1.807) is 0 Å². The molecule has 0 aromatic heterocycles. The van der Waals surface area contributed by atoms with E-state index in [0.717, 1.165) is 0 Å². The molecule has 1 aromatic rings. The van der Waals surface area contributed by atoms with Gasteiger partial charge in [-0.15, -0.1) is 0 Å². The molecule has 1 fully saturated rings. The number of anilines is 1. The third-order valence-corrected chi connectivity index (χ3v) is 3.79. The maximum Gasteiger partial charge on any atom is 0.497 e. The van der Waals surface area contributed by atoms with Gasteiger partial charge in [0.2, 0.25) is 0 Å². The standard InChI is InChI=1S/C12H17BN2O4/c1-11(2)12(3,4)19-13(18-11)9-7-8(15(16)17)5-6-10(9)14/h5-7H,14H2,1-4H3. The third kappa shape index (κ3) is 2.31. The minimum Gasteiger partial charge on any atom is -0.399 e. The van der Waals surface area contributed by atoms with Gasteiger partial charge in [0.15, 0.2) is 0 Å². The van der Waals surface area contributed by atoms with Crippen molar-refractivity contribution < 1.29 is 14.2 Å². The van der Waals surface area contributed by atoms with E-state index in [0.29, 0.717) is 11.2 Å². The highest BCUT2D eigenvalue weighted by molar-refractivity contribution is 6.64. The molecule has 0 spiro atoms. The lowest BCUT2D eigenvalue weighted by molar-refractivity contribution is -0.384. The molecule has 2 rings (SSSR count). The van der Waals surface area contributed by atoms with Crippen LogP contribution in [0.15, 0.2) is 18.2 Å². The maximum absolute atomic E-state index is 10.8. The summed E-state index contributed by atoms with van der Waals surface area (Å²) in [6, 6.07) is 4.26. The fourth-order valence-corrected chi connectivity index (χ4v) is 1.85. The Morgan fingerprint density at radius 2 is 1.74 bits per heavy atom. The first-order chi connectivity index (χ1) is 8.64. The highest BCUT2D eigenvalue weighted by Crippen LogP contribution is 2.37. The van der Waals surface area contributed by atoms with Crippen molar-refractivity contribution in [3.05, 3.63) is 28.3 Å². The van der Waals surface area contributed by atoms with Gasteiger partial charge < -0.3 is 15.0 Å². The Balaban J connectivity index is 2.39. The summed E-state index contributed by atoms with van der Waals surface area (Å²) >= 11 is 0. The van der Waals surface area contributed by atoms with E-state index in [2.05, 4.69) is 0 Å². The number of rotatable bonds is 2. The van der Waals surface area contributed by atoms with Crippen molar-refractivity contribution in [1.29, 1.82) is 0 Å². The molecule has 0 atom stereocenters. The van der Waals surface area contributed by atoms with Gasteiger partial charge in [0.05, 0.1) is 16.1 Å². The smallest absolute Gasteiger partial charge is 0.399 e. The number of hydrogen-bond donors (Lipinski definition) is 1. The molecule has 1 aliphatic rings. The van der Waals surface area contributed by atoms with Crippen LogP contribution in [0, 0.1) is 10.1 Å². The van der Waals surface area contributed by atoms with Crippen molar-refractivity contribution >= 4 is 24.0 Å². The normalized spacial score (nSPS) is 20.5. The monoisotopic (exact) mass is 264 g/mol. The van der Waals surface area contributed by atoms with Gasteiger partial charge in [0.25, 0.3) is 5.69 Å². The second kappa shape index (κ2) is 4.21. The fourth-order valence-electron chi connectivity index (χ4n) is 1.85. The lowest BCUT2D eigenvalue weighted by atomic mass is 9.77. The van der Waals surface area contributed by atoms with Crippen molar-refractivity contribution in [3.63, 3.8) is 0 Å². The predicted octanol–water partition coefficient (Wildman–Crippen LogP) is 1.48. The number of benzene rings is 1. The summed E-state index contributed by atoms with van der Waals surface area (Å²) in [5, 5.41) is 10.8. The summed E-state index contributed by atoms with van der Waals surface area (Å²) in [5.41, 5.74) is 5.74. The lowest BCUT2D eigenvalue weighted by Gasteiger charge is -2.32. The molecule has 6 nitrogen and oxygen atoms in total. The molecule has 0 aliphatic carbocycles. The first-order valence-corrected chi connectivity index (χ1v) is 6.03. The summed E-state index contributed by atoms with van der Waals surface area (Å²) in [5.74, 6) is 0. The Hall–Kier alpha value is -1.60. The maximum atomic E-state index is 10.8. The van der Waals surface area contributed by atoms with Crippen LogP contribution in [0.25, 0.3) is 0 Å². The molecule has 2 N–H and O–H groups in total. The van der Waals surface area contributed by atoms with E-state index < -0.39 is 23.2 Å². The fraction of sp³-hybridized carbons (Fsp3) is 0.500. The van der Waals surface area contributed by atoms with E-state index in [-0.39, 0.29) is 5.69 Å². The molecular formula is C12H17BN2O4. The summed E-state index contributed by atoms with van der Waals surface area (Å²) < 4.78 is 11.7. The number of nitrogen functional groups attached to an aromatic ring is 1. The van der Waals surface area contributed by atoms with E-state index in [1.165, 1.54) is 18.2 Å². The van der Waals surface area contributed by atoms with Crippen molar-refractivity contribution in [2.75, 3.05) is 5.73 Å². The summed E-state index contributed by atoms with van der Waals surface area (Å²) in [4.78, 5) is 10.4. The topological polar surface area (TPSA) is 87.6 Å². The molecule has 0 radical (unpaired) electrons.